The van der Waals surface area contributed by atoms with E-state index in [0.717, 1.165) is 48.5 Å². The fourth-order valence-electron chi connectivity index (χ4n) is 8.96. The molecular formula is C52H36Cl2N18O24S6. The molecule has 0 fully saturated rings. The Bertz CT molecular complexity index is 5600. The molecule has 2 atom stereocenters. The number of nitrogens with one attached hydrogen (secondary N) is 4. The Labute approximate surface area is 579 Å². The Balaban J connectivity index is 0.835. The molecule has 2 aliphatic heterocycles. The van der Waals surface area contributed by atoms with E-state index >= 15 is 0 Å². The number of hydrazone groups is 2. The normalized spacial score (nSPS) is 16.0. The molecule has 8 aromatic rings. The smallest absolute Gasteiger partial charge is 0.382 e. The first kappa shape index (κ1) is 73.5. The van der Waals surface area contributed by atoms with Crippen molar-refractivity contribution in [2.24, 2.45) is 40.6 Å². The van der Waals surface area contributed by atoms with E-state index < -0.39 is 148 Å². The molecule has 0 bridgehead atoms. The van der Waals surface area contributed by atoms with Crippen LogP contribution in [0.5, 0.6) is 0 Å². The minimum atomic E-state index is -5.42. The van der Waals surface area contributed by atoms with E-state index in [2.05, 4.69) is 81.2 Å². The maximum atomic E-state index is 12.9. The van der Waals surface area contributed by atoms with Crippen molar-refractivity contribution >= 4 is 178 Å². The second-order valence-electron chi connectivity index (χ2n) is 20.2. The number of amides is 2. The summed E-state index contributed by atoms with van der Waals surface area (Å²) in [5.41, 5.74) is -3.38. The van der Waals surface area contributed by atoms with Crippen LogP contribution in [0, 0.1) is 0 Å². The molecule has 0 saturated heterocycles. The molecule has 42 nitrogen and oxygen atoms in total. The van der Waals surface area contributed by atoms with Crippen LogP contribution in [-0.4, -0.2) is 174 Å². The topological polar surface area (TPSA) is 648 Å². The summed E-state index contributed by atoms with van der Waals surface area (Å²) < 4.78 is 204. The second kappa shape index (κ2) is 28.0. The Hall–Kier alpha value is -11.3. The van der Waals surface area contributed by atoms with Crippen molar-refractivity contribution in [3.05, 3.63) is 154 Å². The molecule has 528 valence electrons. The van der Waals surface area contributed by atoms with Gasteiger partial charge in [0.05, 0.1) is 11.4 Å². The van der Waals surface area contributed by atoms with Gasteiger partial charge >= 0.3 is 32.5 Å². The number of halogens is 2. The van der Waals surface area contributed by atoms with E-state index in [-0.39, 0.29) is 67.3 Å². The first-order valence-electron chi connectivity index (χ1n) is 26.9. The molecule has 6 aromatic carbocycles. The number of H-pyrrole nitrogens is 2. The third-order valence-electron chi connectivity index (χ3n) is 13.3. The van der Waals surface area contributed by atoms with Gasteiger partial charge in [-0.2, -0.15) is 90.9 Å². The molecule has 2 aliphatic rings. The van der Waals surface area contributed by atoms with Gasteiger partial charge in [-0.3, -0.25) is 46.9 Å². The highest BCUT2D eigenvalue weighted by Gasteiger charge is 2.47. The maximum absolute atomic E-state index is 12.9. The summed E-state index contributed by atoms with van der Waals surface area (Å²) >= 11 is 12.4. The van der Waals surface area contributed by atoms with Crippen LogP contribution < -0.4 is 21.9 Å². The SMILES string of the molecule is O=C(O)C1=NN(S(=O)(=O)O)C(=O)C1N=Nc1cc(N=c2nc(Nc3ccc(-c4ccc(/C=C/c5ccc(-c6ccc(Nc7nc(Cl)[nH]c(=Nc8ccc(S(=O)(=O)O)c(N=NC9C(=O)N(S(=O)(=O)O)N=C9C(=O)O)c8)n7)cc6)cc5S(=O)(=O)O)c(S(=O)(=O)O)c4)cc3)nc(Cl)[nH]2)ccc1S(=O)(=O)O. The Kier molecular flexibility index (Phi) is 20.2. The van der Waals surface area contributed by atoms with E-state index in [4.69, 9.17) is 23.2 Å². The van der Waals surface area contributed by atoms with Gasteiger partial charge in [0, 0.05) is 11.4 Å². The third kappa shape index (κ3) is 17.1. The summed E-state index contributed by atoms with van der Waals surface area (Å²) in [6.07, 6.45) is 2.35. The van der Waals surface area contributed by atoms with E-state index in [9.17, 15) is 107 Å². The number of aliphatic carboxylic acids is 2. The number of carbonyl (C=O) groups is 4. The number of hydrogen-bond acceptors (Lipinski definition) is 30. The van der Waals surface area contributed by atoms with Crippen molar-refractivity contribution in [2.45, 2.75) is 31.7 Å². The number of carboxylic acids is 2. The van der Waals surface area contributed by atoms with Crippen LogP contribution in [0.3, 0.4) is 0 Å². The molecule has 102 heavy (non-hydrogen) atoms. The number of nitrogens with zero attached hydrogens (tertiary/aromatic N) is 14. The van der Waals surface area contributed by atoms with Crippen LogP contribution in [0.4, 0.5) is 46.0 Å². The van der Waals surface area contributed by atoms with Crippen LogP contribution in [0.15, 0.2) is 182 Å². The van der Waals surface area contributed by atoms with Crippen molar-refractivity contribution in [2.75, 3.05) is 10.6 Å². The van der Waals surface area contributed by atoms with Gasteiger partial charge in [-0.25, -0.2) is 19.6 Å². The van der Waals surface area contributed by atoms with E-state index in [1.54, 1.807) is 0 Å². The van der Waals surface area contributed by atoms with Gasteiger partial charge < -0.3 is 20.8 Å². The molecule has 12 N–H and O–H groups in total. The number of anilines is 4. The Morgan fingerprint density at radius 1 is 0.451 bits per heavy atom. The fourth-order valence-corrected chi connectivity index (χ4v) is 13.0. The Morgan fingerprint density at radius 2 is 0.784 bits per heavy atom. The van der Waals surface area contributed by atoms with Crippen molar-refractivity contribution in [3.8, 4) is 22.3 Å². The fraction of sp³-hybridized carbons (Fsp3) is 0.0385. The number of hydrogen-bond donors (Lipinski definition) is 12. The summed E-state index contributed by atoms with van der Waals surface area (Å²) in [5.74, 6) is -7.74. The first-order chi connectivity index (χ1) is 47.6. The molecule has 2 amide bonds. The first-order valence-corrected chi connectivity index (χ1v) is 36.2. The van der Waals surface area contributed by atoms with Crippen molar-refractivity contribution < 1.29 is 107 Å². The largest absolute Gasteiger partial charge is 0.477 e. The van der Waals surface area contributed by atoms with Gasteiger partial charge in [0.2, 0.25) is 45.8 Å². The van der Waals surface area contributed by atoms with Crippen LogP contribution in [0.1, 0.15) is 11.1 Å². The lowest BCUT2D eigenvalue weighted by Crippen LogP contribution is -2.35. The number of carbonyl (C=O) groups excluding carboxylic acids is 2. The Morgan fingerprint density at radius 3 is 1.10 bits per heavy atom. The van der Waals surface area contributed by atoms with Gasteiger partial charge in [-0.15, -0.1) is 10.2 Å². The van der Waals surface area contributed by atoms with E-state index in [1.807, 2.05) is 0 Å². The quantitative estimate of drug-likeness (QED) is 0.0247. The average molecular weight is 1560 g/mol. The molecule has 0 saturated carbocycles. The molecule has 2 unspecified atom stereocenters. The highest BCUT2D eigenvalue weighted by molar-refractivity contribution is 7.87. The zero-order valence-electron chi connectivity index (χ0n) is 49.4. The highest BCUT2D eigenvalue weighted by atomic mass is 35.5. The second-order valence-corrected chi connectivity index (χ2v) is 28.9. The minimum absolute atomic E-state index is 0.127. The summed E-state index contributed by atoms with van der Waals surface area (Å²) in [4.78, 5) is 75.4. The van der Waals surface area contributed by atoms with Gasteiger partial charge in [0.15, 0.2) is 11.4 Å². The van der Waals surface area contributed by atoms with Crippen molar-refractivity contribution in [1.29, 1.82) is 0 Å². The van der Waals surface area contributed by atoms with E-state index in [0.29, 0.717) is 22.5 Å². The summed E-state index contributed by atoms with van der Waals surface area (Å²) in [7, 11) is -31.1. The molecule has 0 spiro atoms. The van der Waals surface area contributed by atoms with Crippen LogP contribution >= 0.6 is 23.2 Å². The molecular weight excluding hydrogens is 1520 g/mol. The number of aromatic nitrogens is 6. The van der Waals surface area contributed by atoms with E-state index in [1.165, 1.54) is 84.9 Å². The monoisotopic (exact) mass is 1560 g/mol. The minimum Gasteiger partial charge on any atom is -0.477 e. The predicted molar refractivity (Wildman–Crippen MR) is 348 cm³/mol. The van der Waals surface area contributed by atoms with Crippen molar-refractivity contribution in [1.82, 2.24) is 38.7 Å². The zero-order chi connectivity index (χ0) is 74.3. The molecule has 10 rings (SSSR count). The number of carboxylic acid groups (broad SMARTS) is 2. The molecule has 0 radical (unpaired) electrons. The molecule has 2 aromatic heterocycles. The molecule has 4 heterocycles. The number of azo groups is 2. The molecule has 50 heteroatoms. The number of aromatic amines is 2. The summed E-state index contributed by atoms with van der Waals surface area (Å²) in [6, 6.07) is 20.6. The van der Waals surface area contributed by atoms with Gasteiger partial charge in [0.25, 0.3) is 52.3 Å². The maximum Gasteiger partial charge on any atom is 0.382 e. The lowest BCUT2D eigenvalue weighted by Gasteiger charge is -2.11. The van der Waals surface area contributed by atoms with Crippen LogP contribution in [0.2, 0.25) is 10.6 Å². The lowest BCUT2D eigenvalue weighted by atomic mass is 10.0. The third-order valence-corrected chi connectivity index (χ3v) is 18.7. The predicted octanol–water partition coefficient (Wildman–Crippen LogP) is 4.75. The van der Waals surface area contributed by atoms with Gasteiger partial charge in [-0.05, 0) is 129 Å². The summed E-state index contributed by atoms with van der Waals surface area (Å²) in [5, 5.41) is 43.9. The van der Waals surface area contributed by atoms with Gasteiger partial charge in [0.1, 0.15) is 31.0 Å². The number of benzene rings is 6. The summed E-state index contributed by atoms with van der Waals surface area (Å²) in [6.45, 7) is 0. The zero-order valence-corrected chi connectivity index (χ0v) is 55.8. The number of rotatable bonds is 22. The standard InChI is InChI=1S/C52H36Cl2N18O24S6/c53-47-59-49(63-51(61-47)57-31-15-17-35(97(79,80)81)33(21-31)65-67-39-41(45(75)76)69-71(43(39)73)101(91,92)93)55-29-11-7-23(8-12-29)27-5-3-25(37(19-27)99(85,86)87)1-2-26-4-6-28(20-38(26)100(88,89)90)24-9-13-30(14-10-24)56-50-60-48(54)62-52(64-50)58-32-16-18-36(98(82,83)84)34(22-32)66-68-40-42(46(77)78)70-72(44(40)74)102(94,95)96/h1-22,39-40H,(H,75,76)(H,77,78)(H,79,80,81)(H,82,83,84)(H,85,86,87)(H,88,89,90)(H,91,92,93)(H,94,95,96)(H2,55,57,59,61,63)(H2,56,58,60,62,64)/b2-1+,67-65?,68-66?. The van der Waals surface area contributed by atoms with Crippen molar-refractivity contribution in [3.63, 3.8) is 0 Å². The highest BCUT2D eigenvalue weighted by Crippen LogP contribution is 2.35. The van der Waals surface area contributed by atoms with Crippen LogP contribution in [0.25, 0.3) is 34.4 Å². The molecule has 0 aliphatic carbocycles. The van der Waals surface area contributed by atoms with Crippen LogP contribution in [-0.2, 0) is 80.3 Å². The van der Waals surface area contributed by atoms with Gasteiger partial charge in [-0.1, -0.05) is 69.5 Å². The average Bonchev–Trinajstić information content (AvgIpc) is 1.49. The lowest BCUT2D eigenvalue weighted by molar-refractivity contribution is -0.130.